The molecular formula is C28H29F3N4O2. The van der Waals surface area contributed by atoms with Crippen LogP contribution in [0.5, 0.6) is 0 Å². The molecule has 0 saturated carbocycles. The minimum Gasteiger partial charge on any atom is -0.379 e. The molecule has 37 heavy (non-hydrogen) atoms. The van der Waals surface area contributed by atoms with Gasteiger partial charge in [-0.2, -0.15) is 13.2 Å². The van der Waals surface area contributed by atoms with Gasteiger partial charge in [-0.3, -0.25) is 14.6 Å². The van der Waals surface area contributed by atoms with E-state index in [0.717, 1.165) is 36.1 Å². The summed E-state index contributed by atoms with van der Waals surface area (Å²) in [6.07, 6.45) is 1.75. The summed E-state index contributed by atoms with van der Waals surface area (Å²) in [5.74, 6) is -0.595. The van der Waals surface area contributed by atoms with E-state index in [4.69, 9.17) is 0 Å². The van der Waals surface area contributed by atoms with Crippen molar-refractivity contribution >= 4 is 28.3 Å². The van der Waals surface area contributed by atoms with Gasteiger partial charge in [0.15, 0.2) is 0 Å². The van der Waals surface area contributed by atoms with Gasteiger partial charge in [0.2, 0.25) is 0 Å². The average molecular weight is 511 g/mol. The van der Waals surface area contributed by atoms with Gasteiger partial charge in [-0.15, -0.1) is 0 Å². The van der Waals surface area contributed by atoms with Crippen LogP contribution in [-0.2, 0) is 6.18 Å². The van der Waals surface area contributed by atoms with E-state index < -0.39 is 17.8 Å². The summed E-state index contributed by atoms with van der Waals surface area (Å²) in [5.41, 5.74) is -0.163. The number of rotatable bonds is 4. The second-order valence-corrected chi connectivity index (χ2v) is 9.87. The summed E-state index contributed by atoms with van der Waals surface area (Å²) in [4.78, 5) is 34.1. The molecule has 9 heteroatoms. The van der Waals surface area contributed by atoms with Crippen LogP contribution in [0.15, 0.2) is 48.8 Å². The van der Waals surface area contributed by atoms with Gasteiger partial charge in [0.1, 0.15) is 0 Å². The highest BCUT2D eigenvalue weighted by Crippen LogP contribution is 2.39. The zero-order chi connectivity index (χ0) is 26.2. The van der Waals surface area contributed by atoms with Crippen LogP contribution in [0.25, 0.3) is 10.8 Å². The van der Waals surface area contributed by atoms with Crippen LogP contribution in [0, 0.1) is 6.92 Å². The molecule has 194 valence electrons. The molecule has 2 aliphatic heterocycles. The van der Waals surface area contributed by atoms with Gasteiger partial charge >= 0.3 is 6.18 Å². The van der Waals surface area contributed by atoms with Crippen LogP contribution in [-0.4, -0.2) is 58.8 Å². The predicted molar refractivity (Wildman–Crippen MR) is 136 cm³/mol. The number of pyridine rings is 1. The third-order valence-electron chi connectivity index (χ3n) is 7.18. The molecule has 0 aliphatic carbocycles. The van der Waals surface area contributed by atoms with Crippen molar-refractivity contribution in [1.29, 1.82) is 0 Å². The average Bonchev–Trinajstić information content (AvgIpc) is 3.37. The molecule has 2 aliphatic rings. The number of hydrogen-bond acceptors (Lipinski definition) is 4. The van der Waals surface area contributed by atoms with E-state index in [1.165, 1.54) is 12.3 Å². The van der Waals surface area contributed by atoms with Gasteiger partial charge in [-0.1, -0.05) is 24.3 Å². The number of hydrogen-bond donors (Lipinski definition) is 1. The number of aryl methyl sites for hydroxylation is 1. The van der Waals surface area contributed by atoms with Gasteiger partial charge < -0.3 is 15.1 Å². The Hall–Kier alpha value is -3.62. The Morgan fingerprint density at radius 2 is 1.68 bits per heavy atom. The molecule has 0 radical (unpaired) electrons. The molecule has 3 aromatic rings. The number of alkyl halides is 3. The predicted octanol–water partition coefficient (Wildman–Crippen LogP) is 5.51. The smallest absolute Gasteiger partial charge is 0.379 e. The van der Waals surface area contributed by atoms with Crippen molar-refractivity contribution in [1.82, 2.24) is 14.8 Å². The normalized spacial score (nSPS) is 18.3. The summed E-state index contributed by atoms with van der Waals surface area (Å²) in [6, 6.07) is 9.65. The molecule has 2 saturated heterocycles. The number of fused-ring (bicyclic) bond motifs is 1. The second kappa shape index (κ2) is 10.0. The van der Waals surface area contributed by atoms with E-state index in [0.29, 0.717) is 37.2 Å². The first-order valence-electron chi connectivity index (χ1n) is 12.6. The first kappa shape index (κ1) is 25.0. The van der Waals surface area contributed by atoms with Crippen LogP contribution in [0.4, 0.5) is 18.9 Å². The number of anilines is 1. The number of carbonyl (C=O) groups excluding carboxylic acids is 2. The summed E-state index contributed by atoms with van der Waals surface area (Å²) in [7, 11) is 0. The summed E-state index contributed by atoms with van der Waals surface area (Å²) in [5, 5.41) is 4.66. The van der Waals surface area contributed by atoms with Crippen LogP contribution in [0.1, 0.15) is 57.5 Å². The lowest BCUT2D eigenvalue weighted by molar-refractivity contribution is -0.137. The van der Waals surface area contributed by atoms with Crippen molar-refractivity contribution in [2.24, 2.45) is 0 Å². The van der Waals surface area contributed by atoms with E-state index >= 15 is 0 Å². The van der Waals surface area contributed by atoms with Crippen LogP contribution in [0.2, 0.25) is 0 Å². The molecule has 0 bridgehead atoms. The Kier molecular flexibility index (Phi) is 6.79. The fraction of sp³-hybridized carbons (Fsp3) is 0.393. The lowest BCUT2D eigenvalue weighted by Gasteiger charge is -2.29. The first-order chi connectivity index (χ1) is 17.7. The van der Waals surface area contributed by atoms with E-state index in [-0.39, 0.29) is 29.6 Å². The minimum atomic E-state index is -4.63. The molecule has 0 spiro atoms. The van der Waals surface area contributed by atoms with Crippen LogP contribution >= 0.6 is 0 Å². The molecule has 0 unspecified atom stereocenters. The molecule has 2 aromatic carbocycles. The van der Waals surface area contributed by atoms with Gasteiger partial charge in [0.05, 0.1) is 22.4 Å². The second-order valence-electron chi connectivity index (χ2n) is 9.87. The number of carbonyl (C=O) groups is 2. The highest BCUT2D eigenvalue weighted by molar-refractivity contribution is 6.06. The minimum absolute atomic E-state index is 0.0391. The highest BCUT2D eigenvalue weighted by Gasteiger charge is 2.38. The van der Waals surface area contributed by atoms with E-state index in [1.807, 2.05) is 24.3 Å². The SMILES string of the molecule is Cc1cc(C(=O)N2CCCCC2)c(N[C@@H]2CCN(C(=O)c3cncc4ccccc34)C2)c(C(F)(F)F)c1. The monoisotopic (exact) mass is 510 g/mol. The lowest BCUT2D eigenvalue weighted by Crippen LogP contribution is -2.37. The van der Waals surface area contributed by atoms with Crippen molar-refractivity contribution in [3.8, 4) is 0 Å². The Morgan fingerprint density at radius 1 is 0.946 bits per heavy atom. The van der Waals surface area contributed by atoms with Gasteiger partial charge in [-0.05, 0) is 55.7 Å². The van der Waals surface area contributed by atoms with Gasteiger partial charge in [-0.25, -0.2) is 0 Å². The molecule has 2 fully saturated rings. The van der Waals surface area contributed by atoms with Crippen molar-refractivity contribution in [3.05, 3.63) is 71.0 Å². The largest absolute Gasteiger partial charge is 0.418 e. The topological polar surface area (TPSA) is 65.5 Å². The maximum absolute atomic E-state index is 14.1. The maximum Gasteiger partial charge on any atom is 0.418 e. The Balaban J connectivity index is 1.42. The van der Waals surface area contributed by atoms with Crippen molar-refractivity contribution in [2.75, 3.05) is 31.5 Å². The number of piperidine rings is 1. The standard InChI is InChI=1S/C28H29F3N4O2/c1-18-13-22(26(36)34-10-5-2-6-11-34)25(24(14-18)28(29,30)31)33-20-9-12-35(17-20)27(37)23-16-32-15-19-7-3-4-8-21(19)23/h3-4,7-8,13-16,20,33H,2,5-6,9-12,17H2,1H3/t20-/m1/s1. The van der Waals surface area contributed by atoms with E-state index in [2.05, 4.69) is 10.3 Å². The number of nitrogens with zero attached hydrogens (tertiary/aromatic N) is 3. The highest BCUT2D eigenvalue weighted by atomic mass is 19.4. The quantitative estimate of drug-likeness (QED) is 0.502. The number of aromatic nitrogens is 1. The fourth-order valence-corrected chi connectivity index (χ4v) is 5.33. The maximum atomic E-state index is 14.1. The molecule has 1 aromatic heterocycles. The number of likely N-dealkylation sites (tertiary alicyclic amines) is 2. The van der Waals surface area contributed by atoms with E-state index in [9.17, 15) is 22.8 Å². The first-order valence-corrected chi connectivity index (χ1v) is 12.6. The third kappa shape index (κ3) is 5.12. The number of halogens is 3. The summed E-state index contributed by atoms with van der Waals surface area (Å²) >= 11 is 0. The van der Waals surface area contributed by atoms with Gasteiger partial charge in [0.25, 0.3) is 11.8 Å². The van der Waals surface area contributed by atoms with Gasteiger partial charge in [0, 0.05) is 50.0 Å². The molecule has 1 N–H and O–H groups in total. The molecule has 3 heterocycles. The molecule has 6 nitrogen and oxygen atoms in total. The molecule has 1 atom stereocenters. The van der Waals surface area contributed by atoms with Crippen LogP contribution < -0.4 is 5.32 Å². The summed E-state index contributed by atoms with van der Waals surface area (Å²) in [6.45, 7) is 3.27. The Labute approximate surface area is 213 Å². The fourth-order valence-electron chi connectivity index (χ4n) is 5.33. The number of nitrogens with one attached hydrogen (secondary N) is 1. The molecule has 2 amide bonds. The lowest BCUT2D eigenvalue weighted by atomic mass is 9.99. The number of amides is 2. The third-order valence-corrected chi connectivity index (χ3v) is 7.18. The van der Waals surface area contributed by atoms with Crippen LogP contribution in [0.3, 0.4) is 0 Å². The Bertz CT molecular complexity index is 1330. The van der Waals surface area contributed by atoms with Crippen molar-refractivity contribution < 1.29 is 22.8 Å². The zero-order valence-electron chi connectivity index (χ0n) is 20.6. The van der Waals surface area contributed by atoms with Crippen molar-refractivity contribution in [2.45, 2.75) is 44.8 Å². The molecule has 5 rings (SSSR count). The Morgan fingerprint density at radius 3 is 2.43 bits per heavy atom. The summed E-state index contributed by atoms with van der Waals surface area (Å²) < 4.78 is 42.4. The zero-order valence-corrected chi connectivity index (χ0v) is 20.6. The number of benzene rings is 2. The molecular weight excluding hydrogens is 481 g/mol. The van der Waals surface area contributed by atoms with Crippen molar-refractivity contribution in [3.63, 3.8) is 0 Å². The van der Waals surface area contributed by atoms with E-state index in [1.54, 1.807) is 22.9 Å².